The molecular weight excluding hydrogens is 530 g/mol. The second-order valence-corrected chi connectivity index (χ2v) is 12.8. The van der Waals surface area contributed by atoms with E-state index in [1.54, 1.807) is 19.1 Å². The Bertz CT molecular complexity index is 1240. The molecule has 0 radical (unpaired) electrons. The molecule has 1 saturated heterocycles. The van der Waals surface area contributed by atoms with E-state index in [4.69, 9.17) is 25.8 Å². The summed E-state index contributed by atoms with van der Waals surface area (Å²) < 4.78 is 18.7. The molecule has 1 unspecified atom stereocenters. The Morgan fingerprint density at radius 1 is 1.23 bits per heavy atom. The standard InChI is InChI=1S/C32H40ClNO6/c1-20(35)17-39-25-10-12-38-30(15-25)26-7-4-23(26)16-34-18-32(11-2-3-21-13-24(33)6-8-27(21)32)19-40-29-9-5-22(31(36)37)14-28(29)34/h5-6,8-9,13-14,20,23,25-26,30,35H,2-4,7,10-12,15-19H2,1H3,(H,36,37)/t20-,23-,25+,26+,30-,32?/m0/s1. The van der Waals surface area contributed by atoms with Crippen LogP contribution in [0.4, 0.5) is 5.69 Å². The Morgan fingerprint density at radius 3 is 2.88 bits per heavy atom. The number of ether oxygens (including phenoxy) is 3. The van der Waals surface area contributed by atoms with Gasteiger partial charge in [0, 0.05) is 36.6 Å². The number of carboxylic acid groups (broad SMARTS) is 1. The summed E-state index contributed by atoms with van der Waals surface area (Å²) in [6.45, 7) is 4.95. The first-order chi connectivity index (χ1) is 19.3. The molecule has 6 rings (SSSR count). The number of carboxylic acids is 1. The number of anilines is 1. The molecule has 2 aliphatic heterocycles. The molecule has 7 nitrogen and oxygen atoms in total. The number of aliphatic hydroxyl groups excluding tert-OH is 1. The van der Waals surface area contributed by atoms with E-state index in [1.165, 1.54) is 11.1 Å². The van der Waals surface area contributed by atoms with Crippen molar-refractivity contribution >= 4 is 23.3 Å². The first kappa shape index (κ1) is 27.8. The summed E-state index contributed by atoms with van der Waals surface area (Å²) in [7, 11) is 0. The zero-order chi connectivity index (χ0) is 27.9. The van der Waals surface area contributed by atoms with Crippen molar-refractivity contribution in [1.29, 1.82) is 0 Å². The van der Waals surface area contributed by atoms with Crippen LogP contribution in [0.2, 0.25) is 5.02 Å². The smallest absolute Gasteiger partial charge is 0.335 e. The highest BCUT2D eigenvalue weighted by Crippen LogP contribution is 2.47. The predicted octanol–water partition coefficient (Wildman–Crippen LogP) is 5.48. The molecule has 1 saturated carbocycles. The molecule has 2 fully saturated rings. The Balaban J connectivity index is 1.27. The molecule has 2 heterocycles. The summed E-state index contributed by atoms with van der Waals surface area (Å²) in [4.78, 5) is 14.3. The summed E-state index contributed by atoms with van der Waals surface area (Å²) in [5, 5.41) is 20.2. The third kappa shape index (κ3) is 5.58. The van der Waals surface area contributed by atoms with Crippen LogP contribution in [0.3, 0.4) is 0 Å². The normalized spacial score (nSPS) is 30.4. The molecule has 2 aromatic carbocycles. The first-order valence-corrected chi connectivity index (χ1v) is 15.1. The number of fused-ring (bicyclic) bond motifs is 3. The molecule has 4 aliphatic rings. The van der Waals surface area contributed by atoms with Gasteiger partial charge in [-0.3, -0.25) is 0 Å². The van der Waals surface area contributed by atoms with E-state index in [0.29, 0.717) is 31.7 Å². The molecular formula is C32H40ClNO6. The molecule has 0 aromatic heterocycles. The Labute approximate surface area is 241 Å². The van der Waals surface area contributed by atoms with Gasteiger partial charge < -0.3 is 29.3 Å². The zero-order valence-electron chi connectivity index (χ0n) is 23.2. The van der Waals surface area contributed by atoms with Crippen molar-refractivity contribution in [3.8, 4) is 5.75 Å². The van der Waals surface area contributed by atoms with Crippen LogP contribution in [0.5, 0.6) is 5.75 Å². The van der Waals surface area contributed by atoms with E-state index >= 15 is 0 Å². The van der Waals surface area contributed by atoms with E-state index < -0.39 is 12.1 Å². The molecule has 1 spiro atoms. The zero-order valence-corrected chi connectivity index (χ0v) is 23.9. The molecule has 2 aliphatic carbocycles. The maximum Gasteiger partial charge on any atom is 0.335 e. The Hall–Kier alpha value is -2.32. The van der Waals surface area contributed by atoms with Crippen molar-refractivity contribution in [3.63, 3.8) is 0 Å². The van der Waals surface area contributed by atoms with E-state index in [9.17, 15) is 15.0 Å². The van der Waals surface area contributed by atoms with Crippen LogP contribution in [0.25, 0.3) is 0 Å². The summed E-state index contributed by atoms with van der Waals surface area (Å²) in [6.07, 6.45) is 6.85. The van der Waals surface area contributed by atoms with Crippen LogP contribution in [-0.4, -0.2) is 67.4 Å². The highest BCUT2D eigenvalue weighted by Gasteiger charge is 2.45. The minimum atomic E-state index is -0.931. The van der Waals surface area contributed by atoms with Gasteiger partial charge in [0.25, 0.3) is 0 Å². The van der Waals surface area contributed by atoms with Gasteiger partial charge in [0.2, 0.25) is 0 Å². The molecule has 40 heavy (non-hydrogen) atoms. The quantitative estimate of drug-likeness (QED) is 0.456. The fraction of sp³-hybridized carbons (Fsp3) is 0.594. The van der Waals surface area contributed by atoms with Gasteiger partial charge in [0.1, 0.15) is 5.75 Å². The lowest BCUT2D eigenvalue weighted by Crippen LogP contribution is -2.51. The third-order valence-electron chi connectivity index (χ3n) is 9.53. The van der Waals surface area contributed by atoms with Gasteiger partial charge in [-0.25, -0.2) is 4.79 Å². The van der Waals surface area contributed by atoms with Crippen molar-refractivity contribution in [1.82, 2.24) is 0 Å². The number of hydrogen-bond acceptors (Lipinski definition) is 6. The number of aliphatic hydroxyl groups is 1. The second kappa shape index (κ2) is 11.5. The fourth-order valence-electron chi connectivity index (χ4n) is 7.36. The van der Waals surface area contributed by atoms with Crippen molar-refractivity contribution in [2.24, 2.45) is 11.8 Å². The van der Waals surface area contributed by atoms with Crippen LogP contribution in [0.15, 0.2) is 36.4 Å². The maximum atomic E-state index is 11.9. The average Bonchev–Trinajstić information content (AvgIpc) is 3.07. The minimum Gasteiger partial charge on any atom is -0.490 e. The summed E-state index contributed by atoms with van der Waals surface area (Å²) in [5.41, 5.74) is 3.54. The summed E-state index contributed by atoms with van der Waals surface area (Å²) >= 11 is 6.38. The van der Waals surface area contributed by atoms with Gasteiger partial charge >= 0.3 is 5.97 Å². The van der Waals surface area contributed by atoms with Gasteiger partial charge in [-0.2, -0.15) is 0 Å². The van der Waals surface area contributed by atoms with Gasteiger partial charge in [-0.1, -0.05) is 17.7 Å². The number of hydrogen-bond donors (Lipinski definition) is 2. The van der Waals surface area contributed by atoms with E-state index in [0.717, 1.165) is 74.5 Å². The topological polar surface area (TPSA) is 88.5 Å². The molecule has 6 atom stereocenters. The van der Waals surface area contributed by atoms with Crippen LogP contribution in [0.1, 0.15) is 66.9 Å². The summed E-state index contributed by atoms with van der Waals surface area (Å²) in [5.74, 6) is 0.686. The number of nitrogens with zero attached hydrogens (tertiary/aromatic N) is 1. The second-order valence-electron chi connectivity index (χ2n) is 12.3. The molecule has 216 valence electrons. The monoisotopic (exact) mass is 569 g/mol. The van der Waals surface area contributed by atoms with E-state index in [-0.39, 0.29) is 23.2 Å². The maximum absolute atomic E-state index is 11.9. The number of aromatic carboxylic acids is 1. The van der Waals surface area contributed by atoms with Crippen molar-refractivity contribution in [2.75, 3.05) is 37.8 Å². The van der Waals surface area contributed by atoms with Crippen LogP contribution in [0, 0.1) is 11.8 Å². The first-order valence-electron chi connectivity index (χ1n) is 14.8. The van der Waals surface area contributed by atoms with Gasteiger partial charge in [-0.05, 0) is 98.7 Å². The lowest BCUT2D eigenvalue weighted by molar-refractivity contribution is -0.124. The molecule has 0 bridgehead atoms. The lowest BCUT2D eigenvalue weighted by Gasteiger charge is -2.47. The van der Waals surface area contributed by atoms with Crippen LogP contribution < -0.4 is 9.64 Å². The van der Waals surface area contributed by atoms with Crippen molar-refractivity contribution in [2.45, 2.75) is 75.6 Å². The highest BCUT2D eigenvalue weighted by molar-refractivity contribution is 6.30. The SMILES string of the molecule is C[C@H](O)CO[C@@H]1CCO[C@H]([C@@H]2CC[C@H]2CN2CC3(CCCc4cc(Cl)ccc43)COc3ccc(C(=O)O)cc32)C1. The molecule has 8 heteroatoms. The van der Waals surface area contributed by atoms with Crippen molar-refractivity contribution in [3.05, 3.63) is 58.1 Å². The van der Waals surface area contributed by atoms with Gasteiger partial charge in [-0.15, -0.1) is 0 Å². The average molecular weight is 570 g/mol. The molecule has 2 aromatic rings. The van der Waals surface area contributed by atoms with Gasteiger partial charge in [0.05, 0.1) is 42.8 Å². The lowest BCUT2D eigenvalue weighted by atomic mass is 9.67. The Morgan fingerprint density at radius 2 is 2.10 bits per heavy atom. The van der Waals surface area contributed by atoms with Crippen LogP contribution >= 0.6 is 11.6 Å². The number of carbonyl (C=O) groups is 1. The highest BCUT2D eigenvalue weighted by atomic mass is 35.5. The third-order valence-corrected chi connectivity index (χ3v) is 9.77. The predicted molar refractivity (Wildman–Crippen MR) is 154 cm³/mol. The minimum absolute atomic E-state index is 0.119. The molecule has 0 amide bonds. The number of rotatable bonds is 7. The van der Waals surface area contributed by atoms with Gasteiger partial charge in [0.15, 0.2) is 0 Å². The largest absolute Gasteiger partial charge is 0.490 e. The van der Waals surface area contributed by atoms with E-state index in [2.05, 4.69) is 17.0 Å². The fourth-order valence-corrected chi connectivity index (χ4v) is 7.56. The van der Waals surface area contributed by atoms with Crippen LogP contribution in [-0.2, 0) is 21.3 Å². The Kier molecular flexibility index (Phi) is 8.01. The number of aryl methyl sites for hydroxylation is 1. The summed E-state index contributed by atoms with van der Waals surface area (Å²) in [6, 6.07) is 11.5. The number of halogens is 1. The van der Waals surface area contributed by atoms with E-state index in [1.807, 2.05) is 12.1 Å². The number of benzene rings is 2. The molecule has 2 N–H and O–H groups in total. The van der Waals surface area contributed by atoms with Crippen molar-refractivity contribution < 1.29 is 29.2 Å².